The lowest BCUT2D eigenvalue weighted by molar-refractivity contribution is -0.127. The van der Waals surface area contributed by atoms with Crippen LogP contribution in [0.3, 0.4) is 0 Å². The summed E-state index contributed by atoms with van der Waals surface area (Å²) in [6, 6.07) is 7.95. The van der Waals surface area contributed by atoms with Crippen LogP contribution in [0.5, 0.6) is 5.75 Å². The molecule has 1 rings (SSSR count). The van der Waals surface area contributed by atoms with Crippen molar-refractivity contribution in [2.24, 2.45) is 4.99 Å². The van der Waals surface area contributed by atoms with Crippen LogP contribution >= 0.6 is 0 Å². The molecule has 0 aliphatic heterocycles. The third-order valence-corrected chi connectivity index (χ3v) is 3.53. The van der Waals surface area contributed by atoms with Gasteiger partial charge in [-0.2, -0.15) is 0 Å². The maximum atomic E-state index is 11.7. The van der Waals surface area contributed by atoms with E-state index in [4.69, 9.17) is 9.47 Å². The molecule has 25 heavy (non-hydrogen) atoms. The molecule has 0 spiro atoms. The number of methoxy groups -OCH3 is 1. The number of carbonyl (C=O) groups excluding carboxylic acids is 1. The normalized spacial score (nSPS) is 11.2. The number of aryl methyl sites for hydroxylation is 1. The molecule has 0 heterocycles. The predicted octanol–water partition coefficient (Wildman–Crippen LogP) is 0.986. The molecule has 1 aromatic rings. The van der Waals surface area contributed by atoms with Crippen molar-refractivity contribution in [2.75, 3.05) is 61.1 Å². The highest BCUT2D eigenvalue weighted by molar-refractivity contribution is 5.84. The second kappa shape index (κ2) is 11.3. The number of rotatable bonds is 9. The molecule has 7 heteroatoms. The Labute approximate surface area is 150 Å². The molecule has 1 aromatic carbocycles. The van der Waals surface area contributed by atoms with Crippen LogP contribution in [0.1, 0.15) is 5.56 Å². The second-order valence-corrected chi connectivity index (χ2v) is 5.93. The average Bonchev–Trinajstić information content (AvgIpc) is 2.59. The Morgan fingerprint density at radius 2 is 1.84 bits per heavy atom. The summed E-state index contributed by atoms with van der Waals surface area (Å²) >= 11 is 0. The van der Waals surface area contributed by atoms with E-state index < -0.39 is 0 Å². The summed E-state index contributed by atoms with van der Waals surface area (Å²) in [4.78, 5) is 19.6. The van der Waals surface area contributed by atoms with Crippen LogP contribution in [-0.4, -0.2) is 82.8 Å². The van der Waals surface area contributed by atoms with Crippen LogP contribution in [-0.2, 0) is 9.53 Å². The van der Waals surface area contributed by atoms with E-state index in [1.54, 1.807) is 21.2 Å². The van der Waals surface area contributed by atoms with Crippen molar-refractivity contribution >= 4 is 11.9 Å². The number of guanidine groups is 1. The summed E-state index contributed by atoms with van der Waals surface area (Å²) in [5, 5.41) is 3.20. The number of nitrogens with zero attached hydrogens (tertiary/aromatic N) is 3. The second-order valence-electron chi connectivity index (χ2n) is 5.93. The molecule has 0 aliphatic rings. The quantitative estimate of drug-likeness (QED) is 0.409. The zero-order valence-corrected chi connectivity index (χ0v) is 15.9. The number of aliphatic imine (C=N–C) groups is 1. The number of amides is 1. The van der Waals surface area contributed by atoms with Crippen molar-refractivity contribution in [3.05, 3.63) is 29.8 Å². The maximum absolute atomic E-state index is 11.7. The van der Waals surface area contributed by atoms with Crippen LogP contribution in [0.2, 0.25) is 0 Å². The topological polar surface area (TPSA) is 66.4 Å². The fourth-order valence-corrected chi connectivity index (χ4v) is 1.90. The minimum atomic E-state index is -0.0460. The fraction of sp³-hybridized carbons (Fsp3) is 0.556. The van der Waals surface area contributed by atoms with Gasteiger partial charge < -0.3 is 24.6 Å². The predicted molar refractivity (Wildman–Crippen MR) is 100 cm³/mol. The summed E-state index contributed by atoms with van der Waals surface area (Å²) in [5.74, 6) is 1.45. The van der Waals surface area contributed by atoms with E-state index in [1.807, 2.05) is 43.1 Å². The van der Waals surface area contributed by atoms with Gasteiger partial charge >= 0.3 is 0 Å². The maximum Gasteiger partial charge on any atom is 0.243 e. The highest BCUT2D eigenvalue weighted by Crippen LogP contribution is 2.11. The van der Waals surface area contributed by atoms with Gasteiger partial charge in [0.05, 0.1) is 13.2 Å². The Balaban J connectivity index is 2.54. The fourth-order valence-electron chi connectivity index (χ4n) is 1.90. The molecule has 0 saturated heterocycles. The van der Waals surface area contributed by atoms with Crippen LogP contribution in [0.15, 0.2) is 29.3 Å². The molecule has 1 amide bonds. The Kier molecular flexibility index (Phi) is 9.39. The zero-order valence-electron chi connectivity index (χ0n) is 15.9. The lowest BCUT2D eigenvalue weighted by Gasteiger charge is -2.22. The van der Waals surface area contributed by atoms with E-state index in [9.17, 15) is 4.79 Å². The Hall–Kier alpha value is -2.28. The molecule has 0 atom stereocenters. The minimum absolute atomic E-state index is 0.0460. The molecule has 0 fully saturated rings. The monoisotopic (exact) mass is 350 g/mol. The Morgan fingerprint density at radius 3 is 2.44 bits per heavy atom. The largest absolute Gasteiger partial charge is 0.492 e. The SMILES string of the molecule is COCCNC(=NCC(=O)N(C)C)N(C)CCOc1ccc(C)cc1. The number of carbonyl (C=O) groups is 1. The zero-order chi connectivity index (χ0) is 18.7. The van der Waals surface area contributed by atoms with Gasteiger partial charge in [0.2, 0.25) is 5.91 Å². The van der Waals surface area contributed by atoms with Crippen LogP contribution in [0.4, 0.5) is 0 Å². The first kappa shape index (κ1) is 20.8. The van der Waals surface area contributed by atoms with Gasteiger partial charge in [0, 0.05) is 34.8 Å². The number of hydrogen-bond donors (Lipinski definition) is 1. The van der Waals surface area contributed by atoms with E-state index in [0.717, 1.165) is 5.75 Å². The molecule has 0 bridgehead atoms. The van der Waals surface area contributed by atoms with Crippen molar-refractivity contribution in [1.29, 1.82) is 0 Å². The summed E-state index contributed by atoms with van der Waals surface area (Å²) in [6.45, 7) is 4.49. The van der Waals surface area contributed by atoms with E-state index in [-0.39, 0.29) is 12.5 Å². The van der Waals surface area contributed by atoms with E-state index in [2.05, 4.69) is 10.3 Å². The Bertz CT molecular complexity index is 544. The third-order valence-electron chi connectivity index (χ3n) is 3.53. The van der Waals surface area contributed by atoms with Gasteiger partial charge in [-0.15, -0.1) is 0 Å². The van der Waals surface area contributed by atoms with Gasteiger partial charge in [-0.1, -0.05) is 17.7 Å². The van der Waals surface area contributed by atoms with Crippen molar-refractivity contribution < 1.29 is 14.3 Å². The van der Waals surface area contributed by atoms with Crippen molar-refractivity contribution in [3.8, 4) is 5.75 Å². The van der Waals surface area contributed by atoms with Crippen LogP contribution in [0, 0.1) is 6.92 Å². The third kappa shape index (κ3) is 8.39. The molecule has 0 radical (unpaired) electrons. The van der Waals surface area contributed by atoms with Gasteiger partial charge in [-0.3, -0.25) is 4.79 Å². The molecule has 140 valence electrons. The lowest BCUT2D eigenvalue weighted by Crippen LogP contribution is -2.42. The van der Waals surface area contributed by atoms with E-state index >= 15 is 0 Å². The van der Waals surface area contributed by atoms with Crippen molar-refractivity contribution in [2.45, 2.75) is 6.92 Å². The van der Waals surface area contributed by atoms with Crippen molar-refractivity contribution in [1.82, 2.24) is 15.1 Å². The molecular formula is C18H30N4O3. The smallest absolute Gasteiger partial charge is 0.243 e. The minimum Gasteiger partial charge on any atom is -0.492 e. The van der Waals surface area contributed by atoms with E-state index in [1.165, 1.54) is 10.5 Å². The summed E-state index contributed by atoms with van der Waals surface area (Å²) in [5.41, 5.74) is 1.20. The molecule has 0 saturated carbocycles. The molecule has 7 nitrogen and oxygen atoms in total. The summed E-state index contributed by atoms with van der Waals surface area (Å²) in [6.07, 6.45) is 0. The highest BCUT2D eigenvalue weighted by atomic mass is 16.5. The molecular weight excluding hydrogens is 320 g/mol. The van der Waals surface area contributed by atoms with Gasteiger partial charge in [0.1, 0.15) is 18.9 Å². The molecule has 0 aliphatic carbocycles. The first-order valence-electron chi connectivity index (χ1n) is 8.32. The molecule has 0 unspecified atom stereocenters. The van der Waals surface area contributed by atoms with Crippen LogP contribution < -0.4 is 10.1 Å². The number of likely N-dealkylation sites (N-methyl/N-ethyl adjacent to an activating group) is 2. The Morgan fingerprint density at radius 1 is 1.16 bits per heavy atom. The van der Waals surface area contributed by atoms with E-state index in [0.29, 0.717) is 32.3 Å². The number of hydrogen-bond acceptors (Lipinski definition) is 4. The van der Waals surface area contributed by atoms with Gasteiger partial charge in [-0.05, 0) is 19.1 Å². The summed E-state index contributed by atoms with van der Waals surface area (Å²) < 4.78 is 10.8. The number of nitrogens with one attached hydrogen (secondary N) is 1. The van der Waals surface area contributed by atoms with Gasteiger partial charge in [-0.25, -0.2) is 4.99 Å². The number of ether oxygens (including phenoxy) is 2. The number of benzene rings is 1. The van der Waals surface area contributed by atoms with Gasteiger partial charge in [0.15, 0.2) is 5.96 Å². The summed E-state index contributed by atoms with van der Waals surface area (Å²) in [7, 11) is 6.99. The first-order chi connectivity index (χ1) is 11.9. The van der Waals surface area contributed by atoms with Crippen molar-refractivity contribution in [3.63, 3.8) is 0 Å². The highest BCUT2D eigenvalue weighted by Gasteiger charge is 2.09. The van der Waals surface area contributed by atoms with Crippen LogP contribution in [0.25, 0.3) is 0 Å². The molecule has 1 N–H and O–H groups in total. The average molecular weight is 350 g/mol. The van der Waals surface area contributed by atoms with Gasteiger partial charge in [0.25, 0.3) is 0 Å². The lowest BCUT2D eigenvalue weighted by atomic mass is 10.2. The first-order valence-corrected chi connectivity index (χ1v) is 8.32. The standard InChI is InChI=1S/C18H30N4O3/c1-15-6-8-16(9-7-15)25-13-11-22(4)18(19-10-12-24-5)20-14-17(23)21(2)3/h6-9H,10-14H2,1-5H3,(H,19,20). The molecule has 0 aromatic heterocycles.